The van der Waals surface area contributed by atoms with Crippen molar-refractivity contribution >= 4 is 5.91 Å². The van der Waals surface area contributed by atoms with Crippen LogP contribution in [0.15, 0.2) is 0 Å². The van der Waals surface area contributed by atoms with Gasteiger partial charge in [0.2, 0.25) is 5.91 Å². The summed E-state index contributed by atoms with van der Waals surface area (Å²) in [5.74, 6) is 0.0659. The molecule has 4 heteroatoms. The van der Waals surface area contributed by atoms with Crippen molar-refractivity contribution in [1.82, 2.24) is 10.6 Å². The van der Waals surface area contributed by atoms with Crippen LogP contribution in [0.5, 0.6) is 0 Å². The van der Waals surface area contributed by atoms with E-state index < -0.39 is 0 Å². The molecule has 0 radical (unpaired) electrons. The summed E-state index contributed by atoms with van der Waals surface area (Å²) in [5.41, 5.74) is -0.232. The summed E-state index contributed by atoms with van der Waals surface area (Å²) < 4.78 is 0. The summed E-state index contributed by atoms with van der Waals surface area (Å²) in [4.78, 5) is 11.7. The number of amides is 1. The van der Waals surface area contributed by atoms with Crippen molar-refractivity contribution in [2.45, 2.75) is 39.2 Å². The molecule has 1 rings (SSSR count). The van der Waals surface area contributed by atoms with Crippen molar-refractivity contribution in [3.8, 4) is 0 Å². The quantitative estimate of drug-likeness (QED) is 0.629. The smallest absolute Gasteiger partial charge is 0.237 e. The average Bonchev–Trinajstić information content (AvgIpc) is 2.27. The first kappa shape index (κ1) is 12.5. The third-order valence-electron chi connectivity index (χ3n) is 2.80. The maximum atomic E-state index is 11.7. The molecule has 0 saturated carbocycles. The maximum Gasteiger partial charge on any atom is 0.237 e. The minimum Gasteiger partial charge on any atom is -0.396 e. The Morgan fingerprint density at radius 1 is 1.53 bits per heavy atom. The van der Waals surface area contributed by atoms with E-state index in [1.165, 1.54) is 0 Å². The molecule has 0 bridgehead atoms. The lowest BCUT2D eigenvalue weighted by molar-refractivity contribution is -0.124. The van der Waals surface area contributed by atoms with Gasteiger partial charge in [-0.2, -0.15) is 0 Å². The molecule has 3 N–H and O–H groups in total. The zero-order chi connectivity index (χ0) is 11.3. The molecule has 1 heterocycles. The molecule has 0 aliphatic carbocycles. The van der Waals surface area contributed by atoms with E-state index in [1.54, 1.807) is 0 Å². The summed E-state index contributed by atoms with van der Waals surface area (Å²) in [6.45, 7) is 5.41. The molecule has 1 aliphatic heterocycles. The van der Waals surface area contributed by atoms with Crippen molar-refractivity contribution in [3.05, 3.63) is 0 Å². The Balaban J connectivity index is 2.28. The number of rotatable bonds is 4. The molecule has 1 saturated heterocycles. The number of hydrogen-bond acceptors (Lipinski definition) is 3. The highest BCUT2D eigenvalue weighted by atomic mass is 16.3. The van der Waals surface area contributed by atoms with Crippen molar-refractivity contribution in [2.24, 2.45) is 5.41 Å². The summed E-state index contributed by atoms with van der Waals surface area (Å²) in [6, 6.07) is -0.0340. The minimum absolute atomic E-state index is 0.0340. The minimum atomic E-state index is -0.232. The number of carbonyl (C=O) groups excluding carboxylic acids is 1. The van der Waals surface area contributed by atoms with E-state index >= 15 is 0 Å². The van der Waals surface area contributed by atoms with Crippen molar-refractivity contribution in [3.63, 3.8) is 0 Å². The highest BCUT2D eigenvalue weighted by Crippen LogP contribution is 2.12. The fraction of sp³-hybridized carbons (Fsp3) is 0.909. The van der Waals surface area contributed by atoms with Gasteiger partial charge in [0.05, 0.1) is 6.04 Å². The van der Waals surface area contributed by atoms with Gasteiger partial charge in [-0.1, -0.05) is 20.3 Å². The number of piperidine rings is 1. The Labute approximate surface area is 91.4 Å². The Bertz CT molecular complexity index is 211. The normalized spacial score (nSPS) is 22.5. The SMILES string of the molecule is CC(C)(CO)CNC(=O)[C@@H]1CCCCN1. The lowest BCUT2D eigenvalue weighted by Gasteiger charge is -2.26. The molecule has 0 aromatic heterocycles. The number of aliphatic hydroxyl groups excluding tert-OH is 1. The Morgan fingerprint density at radius 3 is 2.80 bits per heavy atom. The van der Waals surface area contributed by atoms with Crippen LogP contribution < -0.4 is 10.6 Å². The molecule has 0 unspecified atom stereocenters. The fourth-order valence-electron chi connectivity index (χ4n) is 1.58. The second kappa shape index (κ2) is 5.47. The van der Waals surface area contributed by atoms with E-state index in [1.807, 2.05) is 13.8 Å². The van der Waals surface area contributed by atoms with Gasteiger partial charge in [0.1, 0.15) is 0 Å². The second-order valence-corrected chi connectivity index (χ2v) is 5.04. The van der Waals surface area contributed by atoms with Crippen molar-refractivity contribution in [2.75, 3.05) is 19.7 Å². The Hall–Kier alpha value is -0.610. The maximum absolute atomic E-state index is 11.7. The van der Waals surface area contributed by atoms with Gasteiger partial charge in [-0.25, -0.2) is 0 Å². The molecule has 1 amide bonds. The van der Waals surface area contributed by atoms with E-state index in [9.17, 15) is 4.79 Å². The standard InChI is InChI=1S/C11H22N2O2/c1-11(2,8-14)7-13-10(15)9-5-3-4-6-12-9/h9,12,14H,3-8H2,1-2H3,(H,13,15)/t9-/m0/s1. The molecule has 4 nitrogen and oxygen atoms in total. The van der Waals surface area contributed by atoms with Crippen molar-refractivity contribution in [1.29, 1.82) is 0 Å². The largest absolute Gasteiger partial charge is 0.396 e. The highest BCUT2D eigenvalue weighted by molar-refractivity contribution is 5.81. The predicted octanol–water partition coefficient (Wildman–Crippen LogP) is 0.263. The number of carbonyl (C=O) groups is 1. The van der Waals surface area contributed by atoms with Crippen LogP contribution in [0.25, 0.3) is 0 Å². The third-order valence-corrected chi connectivity index (χ3v) is 2.80. The molecule has 15 heavy (non-hydrogen) atoms. The molecule has 1 fully saturated rings. The highest BCUT2D eigenvalue weighted by Gasteiger charge is 2.23. The van der Waals surface area contributed by atoms with E-state index in [2.05, 4.69) is 10.6 Å². The molecule has 88 valence electrons. The Morgan fingerprint density at radius 2 is 2.27 bits per heavy atom. The number of nitrogens with one attached hydrogen (secondary N) is 2. The van der Waals surface area contributed by atoms with E-state index in [0.29, 0.717) is 6.54 Å². The summed E-state index contributed by atoms with van der Waals surface area (Å²) in [5, 5.41) is 15.1. The molecule has 1 atom stereocenters. The average molecular weight is 214 g/mol. The first-order chi connectivity index (χ1) is 7.05. The van der Waals surface area contributed by atoms with Gasteiger partial charge < -0.3 is 15.7 Å². The number of aliphatic hydroxyl groups is 1. The van der Waals surface area contributed by atoms with Crippen molar-refractivity contribution < 1.29 is 9.90 Å². The van der Waals surface area contributed by atoms with Crippen LogP contribution in [0.3, 0.4) is 0 Å². The molecular formula is C11H22N2O2. The Kier molecular flexibility index (Phi) is 4.54. The van der Waals surface area contributed by atoms with Gasteiger partial charge in [0.25, 0.3) is 0 Å². The summed E-state index contributed by atoms with van der Waals surface area (Å²) >= 11 is 0. The van der Waals surface area contributed by atoms with Gasteiger partial charge in [0, 0.05) is 18.6 Å². The van der Waals surface area contributed by atoms with Crippen LogP contribution in [0, 0.1) is 5.41 Å². The van der Waals surface area contributed by atoms with Gasteiger partial charge >= 0.3 is 0 Å². The van der Waals surface area contributed by atoms with Gasteiger partial charge in [-0.3, -0.25) is 4.79 Å². The topological polar surface area (TPSA) is 61.4 Å². The van der Waals surface area contributed by atoms with E-state index in [0.717, 1.165) is 25.8 Å². The third kappa shape index (κ3) is 4.18. The molecule has 0 aromatic carbocycles. The van der Waals surface area contributed by atoms with Crippen LogP contribution in [-0.2, 0) is 4.79 Å². The lowest BCUT2D eigenvalue weighted by atomic mass is 9.94. The number of hydrogen-bond donors (Lipinski definition) is 3. The zero-order valence-electron chi connectivity index (χ0n) is 9.68. The van der Waals surface area contributed by atoms with Crippen LogP contribution in [0.4, 0.5) is 0 Å². The van der Waals surface area contributed by atoms with Gasteiger partial charge in [-0.05, 0) is 19.4 Å². The van der Waals surface area contributed by atoms with Crippen LogP contribution in [0.2, 0.25) is 0 Å². The van der Waals surface area contributed by atoms with E-state index in [-0.39, 0.29) is 24.0 Å². The first-order valence-corrected chi connectivity index (χ1v) is 5.67. The molecule has 0 spiro atoms. The predicted molar refractivity (Wildman–Crippen MR) is 59.5 cm³/mol. The summed E-state index contributed by atoms with van der Waals surface area (Å²) in [7, 11) is 0. The van der Waals surface area contributed by atoms with E-state index in [4.69, 9.17) is 5.11 Å². The monoisotopic (exact) mass is 214 g/mol. The molecule has 1 aliphatic rings. The van der Waals surface area contributed by atoms with Crippen LogP contribution >= 0.6 is 0 Å². The second-order valence-electron chi connectivity index (χ2n) is 5.04. The lowest BCUT2D eigenvalue weighted by Crippen LogP contribution is -2.49. The first-order valence-electron chi connectivity index (χ1n) is 5.67. The van der Waals surface area contributed by atoms with Gasteiger partial charge in [0.15, 0.2) is 0 Å². The van der Waals surface area contributed by atoms with Gasteiger partial charge in [-0.15, -0.1) is 0 Å². The zero-order valence-corrected chi connectivity index (χ0v) is 9.68. The molecular weight excluding hydrogens is 192 g/mol. The van der Waals surface area contributed by atoms with Crippen LogP contribution in [-0.4, -0.2) is 36.8 Å². The van der Waals surface area contributed by atoms with Crippen LogP contribution in [0.1, 0.15) is 33.1 Å². The molecule has 0 aromatic rings. The fourth-order valence-corrected chi connectivity index (χ4v) is 1.58. The summed E-state index contributed by atoms with van der Waals surface area (Å²) in [6.07, 6.45) is 3.20.